The number of urea groups is 1. The zero-order valence-electron chi connectivity index (χ0n) is 15.1. The van der Waals surface area contributed by atoms with Crippen molar-refractivity contribution in [1.82, 2.24) is 15.1 Å². The van der Waals surface area contributed by atoms with Crippen molar-refractivity contribution in [2.75, 3.05) is 46.4 Å². The van der Waals surface area contributed by atoms with Crippen molar-refractivity contribution in [3.8, 4) is 5.75 Å². The highest BCUT2D eigenvalue weighted by Crippen LogP contribution is 2.12. The Morgan fingerprint density at radius 2 is 2.00 bits per heavy atom. The van der Waals surface area contributed by atoms with Crippen molar-refractivity contribution in [3.05, 3.63) is 29.8 Å². The van der Waals surface area contributed by atoms with E-state index in [4.69, 9.17) is 4.74 Å². The van der Waals surface area contributed by atoms with Gasteiger partial charge in [0.25, 0.3) is 0 Å². The van der Waals surface area contributed by atoms with Crippen LogP contribution < -0.4 is 10.1 Å². The number of benzene rings is 1. The highest BCUT2D eigenvalue weighted by molar-refractivity contribution is 5.74. The first kappa shape index (κ1) is 18.6. The average Bonchev–Trinajstić information content (AvgIpc) is 2.62. The summed E-state index contributed by atoms with van der Waals surface area (Å²) in [6, 6.07) is 8.05. The smallest absolute Gasteiger partial charge is 0.317 e. The normalized spacial score (nSPS) is 15.3. The highest BCUT2D eigenvalue weighted by atomic mass is 16.5. The number of ether oxygens (including phenoxy) is 1. The number of unbranched alkanes of at least 4 members (excludes halogenated alkanes) is 2. The van der Waals surface area contributed by atoms with Crippen LogP contribution in [0.4, 0.5) is 4.79 Å². The van der Waals surface area contributed by atoms with Crippen LogP contribution in [0.5, 0.6) is 5.75 Å². The van der Waals surface area contributed by atoms with E-state index in [1.54, 1.807) is 7.11 Å². The van der Waals surface area contributed by atoms with Crippen molar-refractivity contribution < 1.29 is 9.53 Å². The van der Waals surface area contributed by atoms with Gasteiger partial charge in [-0.25, -0.2) is 4.79 Å². The molecule has 2 amide bonds. The summed E-state index contributed by atoms with van der Waals surface area (Å²) in [5.41, 5.74) is 1.18. The molecular weight excluding hydrogens is 302 g/mol. The van der Waals surface area contributed by atoms with Gasteiger partial charge in [-0.15, -0.1) is 0 Å². The van der Waals surface area contributed by atoms with E-state index in [1.807, 2.05) is 23.1 Å². The van der Waals surface area contributed by atoms with Crippen LogP contribution in [0.15, 0.2) is 24.3 Å². The fourth-order valence-corrected chi connectivity index (χ4v) is 3.01. The molecule has 0 unspecified atom stereocenters. The van der Waals surface area contributed by atoms with Gasteiger partial charge in [0.1, 0.15) is 5.75 Å². The Labute approximate surface area is 146 Å². The van der Waals surface area contributed by atoms with E-state index in [0.29, 0.717) is 6.54 Å². The first-order chi connectivity index (χ1) is 11.7. The number of nitrogens with zero attached hydrogens (tertiary/aromatic N) is 2. The summed E-state index contributed by atoms with van der Waals surface area (Å²) in [5, 5.41) is 3.03. The molecule has 1 aromatic carbocycles. The predicted octanol–water partition coefficient (Wildman–Crippen LogP) is 2.76. The van der Waals surface area contributed by atoms with E-state index < -0.39 is 0 Å². The number of hydrogen-bond acceptors (Lipinski definition) is 3. The topological polar surface area (TPSA) is 44.8 Å². The lowest BCUT2D eigenvalue weighted by atomic mass is 10.1. The Balaban J connectivity index is 1.64. The van der Waals surface area contributed by atoms with E-state index in [9.17, 15) is 4.79 Å². The molecule has 0 aliphatic carbocycles. The van der Waals surface area contributed by atoms with Crippen molar-refractivity contribution in [2.45, 2.75) is 32.6 Å². The summed E-state index contributed by atoms with van der Waals surface area (Å²) < 4.78 is 5.22. The van der Waals surface area contributed by atoms with Crippen molar-refractivity contribution in [1.29, 1.82) is 0 Å². The van der Waals surface area contributed by atoms with Crippen LogP contribution in [0.1, 0.15) is 31.7 Å². The first-order valence-electron chi connectivity index (χ1n) is 9.11. The Hall–Kier alpha value is -1.75. The molecule has 0 radical (unpaired) electrons. The van der Waals surface area contributed by atoms with Gasteiger partial charge in [-0.05, 0) is 37.1 Å². The Morgan fingerprint density at radius 3 is 2.71 bits per heavy atom. The van der Waals surface area contributed by atoms with Gasteiger partial charge >= 0.3 is 6.03 Å². The Morgan fingerprint density at radius 1 is 1.21 bits per heavy atom. The minimum atomic E-state index is 0.0612. The lowest BCUT2D eigenvalue weighted by molar-refractivity contribution is 0.138. The van der Waals surface area contributed by atoms with Crippen molar-refractivity contribution in [2.24, 2.45) is 0 Å². The number of nitrogens with one attached hydrogen (secondary N) is 1. The van der Waals surface area contributed by atoms with E-state index in [-0.39, 0.29) is 6.03 Å². The van der Waals surface area contributed by atoms with Gasteiger partial charge in [0.15, 0.2) is 0 Å². The lowest BCUT2D eigenvalue weighted by Gasteiger charge is -2.34. The maximum Gasteiger partial charge on any atom is 0.317 e. The molecule has 1 aromatic rings. The maximum absolute atomic E-state index is 12.3. The van der Waals surface area contributed by atoms with Crippen LogP contribution in [0.3, 0.4) is 0 Å². The number of hydrogen-bond donors (Lipinski definition) is 1. The number of carbonyl (C=O) groups is 1. The third-order valence-corrected chi connectivity index (χ3v) is 4.56. The van der Waals surface area contributed by atoms with Crippen LogP contribution in [0, 0.1) is 0 Å². The summed E-state index contributed by atoms with van der Waals surface area (Å²) in [6.45, 7) is 7.70. The molecule has 0 bridgehead atoms. The van der Waals surface area contributed by atoms with E-state index in [2.05, 4.69) is 23.2 Å². The molecule has 134 valence electrons. The van der Waals surface area contributed by atoms with Crippen LogP contribution >= 0.6 is 0 Å². The SMILES string of the molecule is CCCCCN1CCN(C(=O)NCCc2cccc(OC)c2)CC1. The second kappa shape index (κ2) is 10.2. The van der Waals surface area contributed by atoms with Crippen LogP contribution in [0.2, 0.25) is 0 Å². The zero-order valence-corrected chi connectivity index (χ0v) is 15.1. The Bertz CT molecular complexity index is 499. The lowest BCUT2D eigenvalue weighted by Crippen LogP contribution is -2.52. The van der Waals surface area contributed by atoms with Crippen molar-refractivity contribution in [3.63, 3.8) is 0 Å². The molecule has 0 saturated carbocycles. The third-order valence-electron chi connectivity index (χ3n) is 4.56. The fraction of sp³-hybridized carbons (Fsp3) is 0.632. The van der Waals surface area contributed by atoms with Gasteiger partial charge in [-0.3, -0.25) is 4.90 Å². The number of rotatable bonds is 8. The van der Waals surface area contributed by atoms with E-state index >= 15 is 0 Å². The molecule has 1 heterocycles. The monoisotopic (exact) mass is 333 g/mol. The number of amides is 2. The van der Waals surface area contributed by atoms with E-state index in [0.717, 1.165) is 38.3 Å². The largest absolute Gasteiger partial charge is 0.497 e. The van der Waals surface area contributed by atoms with E-state index in [1.165, 1.54) is 31.4 Å². The molecule has 5 heteroatoms. The maximum atomic E-state index is 12.3. The molecule has 1 saturated heterocycles. The zero-order chi connectivity index (χ0) is 17.2. The molecule has 1 aliphatic heterocycles. The minimum Gasteiger partial charge on any atom is -0.497 e. The molecule has 1 N–H and O–H groups in total. The molecule has 5 nitrogen and oxygen atoms in total. The van der Waals surface area contributed by atoms with Crippen LogP contribution in [-0.4, -0.2) is 62.2 Å². The molecule has 0 spiro atoms. The summed E-state index contributed by atoms with van der Waals surface area (Å²) >= 11 is 0. The summed E-state index contributed by atoms with van der Waals surface area (Å²) in [7, 11) is 1.67. The molecule has 0 atom stereocenters. The molecule has 1 fully saturated rings. The van der Waals surface area contributed by atoms with Gasteiger partial charge in [-0.1, -0.05) is 31.9 Å². The van der Waals surface area contributed by atoms with Gasteiger partial charge in [0.2, 0.25) is 0 Å². The summed E-state index contributed by atoms with van der Waals surface area (Å²) in [4.78, 5) is 16.7. The van der Waals surface area contributed by atoms with Gasteiger partial charge in [0, 0.05) is 32.7 Å². The van der Waals surface area contributed by atoms with Gasteiger partial charge in [0.05, 0.1) is 7.11 Å². The van der Waals surface area contributed by atoms with Crippen LogP contribution in [-0.2, 0) is 6.42 Å². The van der Waals surface area contributed by atoms with Crippen LogP contribution in [0.25, 0.3) is 0 Å². The third kappa shape index (κ3) is 6.04. The number of piperazine rings is 1. The standard InChI is InChI=1S/C19H31N3O2/c1-3-4-5-11-21-12-14-22(15-13-21)19(23)20-10-9-17-7-6-8-18(16-17)24-2/h6-8,16H,3-5,9-15H2,1-2H3,(H,20,23). The fourth-order valence-electron chi connectivity index (χ4n) is 3.01. The summed E-state index contributed by atoms with van der Waals surface area (Å²) in [6.07, 6.45) is 4.64. The number of carbonyl (C=O) groups excluding carboxylic acids is 1. The molecular formula is C19H31N3O2. The van der Waals surface area contributed by atoms with Gasteiger partial charge in [-0.2, -0.15) is 0 Å². The summed E-state index contributed by atoms with van der Waals surface area (Å²) in [5.74, 6) is 0.859. The molecule has 1 aliphatic rings. The second-order valence-electron chi connectivity index (χ2n) is 6.37. The predicted molar refractivity (Wildman–Crippen MR) is 97.6 cm³/mol. The highest BCUT2D eigenvalue weighted by Gasteiger charge is 2.20. The minimum absolute atomic E-state index is 0.0612. The molecule has 0 aromatic heterocycles. The Kier molecular flexibility index (Phi) is 7.89. The first-order valence-corrected chi connectivity index (χ1v) is 9.11. The number of methoxy groups -OCH3 is 1. The quantitative estimate of drug-likeness (QED) is 0.744. The second-order valence-corrected chi connectivity index (χ2v) is 6.37. The molecule has 24 heavy (non-hydrogen) atoms. The average molecular weight is 333 g/mol. The van der Waals surface area contributed by atoms with Crippen molar-refractivity contribution >= 4 is 6.03 Å². The van der Waals surface area contributed by atoms with Gasteiger partial charge < -0.3 is 15.0 Å². The molecule has 2 rings (SSSR count).